The quantitative estimate of drug-likeness (QED) is 0.484. The van der Waals surface area contributed by atoms with Crippen molar-refractivity contribution >= 4 is 12.1 Å². The molecule has 64 valence electrons. The van der Waals surface area contributed by atoms with Gasteiger partial charge >= 0.3 is 0 Å². The van der Waals surface area contributed by atoms with E-state index in [1.165, 1.54) is 12.2 Å². The first kappa shape index (κ1) is 8.71. The van der Waals surface area contributed by atoms with Gasteiger partial charge in [0.2, 0.25) is 0 Å². The Balaban J connectivity index is 2.88. The van der Waals surface area contributed by atoms with Crippen molar-refractivity contribution in [2.24, 2.45) is 5.73 Å². The Morgan fingerprint density at radius 1 is 1.33 bits per heavy atom. The second-order valence-electron chi connectivity index (χ2n) is 2.71. The molecule has 3 heteroatoms. The summed E-state index contributed by atoms with van der Waals surface area (Å²) in [7, 11) is 0. The highest BCUT2D eigenvalue weighted by Gasteiger charge is 2.15. The first-order chi connectivity index (χ1) is 5.75. The van der Waals surface area contributed by atoms with Gasteiger partial charge in [0.05, 0.1) is 0 Å². The predicted octanol–water partition coefficient (Wildman–Crippen LogP) is 0.707. The van der Waals surface area contributed by atoms with E-state index in [0.29, 0.717) is 24.0 Å². The number of allylic oxidation sites excluding steroid dienone is 4. The summed E-state index contributed by atoms with van der Waals surface area (Å²) in [6.07, 6.45) is 5.55. The van der Waals surface area contributed by atoms with Gasteiger partial charge < -0.3 is 5.73 Å². The Morgan fingerprint density at radius 2 is 2.08 bits per heavy atom. The van der Waals surface area contributed by atoms with Crippen LogP contribution < -0.4 is 5.73 Å². The van der Waals surface area contributed by atoms with Gasteiger partial charge in [-0.05, 0) is 25.0 Å². The van der Waals surface area contributed by atoms with Crippen LogP contribution in [0.25, 0.3) is 0 Å². The van der Waals surface area contributed by atoms with E-state index in [0.717, 1.165) is 12.8 Å². The highest BCUT2D eigenvalue weighted by Crippen LogP contribution is 2.18. The van der Waals surface area contributed by atoms with Crippen LogP contribution in [-0.2, 0) is 9.59 Å². The zero-order valence-corrected chi connectivity index (χ0v) is 6.75. The van der Waals surface area contributed by atoms with Crippen molar-refractivity contribution in [3.8, 4) is 0 Å². The third-order valence-corrected chi connectivity index (χ3v) is 1.84. The molecule has 0 aromatic rings. The molecule has 0 aromatic carbocycles. The van der Waals surface area contributed by atoms with Gasteiger partial charge in [0.1, 0.15) is 6.29 Å². The van der Waals surface area contributed by atoms with Gasteiger partial charge in [-0.3, -0.25) is 9.59 Å². The van der Waals surface area contributed by atoms with E-state index in [-0.39, 0.29) is 5.78 Å². The standard InChI is InChI=1S/C9H11NO2/c10-8-4-1-5-9(12)7(8)3-2-6-11/h2-3,6H,1,4-5,10H2/b3-2+. The molecule has 0 bridgehead atoms. The fourth-order valence-electron chi connectivity index (χ4n) is 1.22. The highest BCUT2D eigenvalue weighted by atomic mass is 16.1. The number of hydrogen-bond donors (Lipinski definition) is 1. The van der Waals surface area contributed by atoms with E-state index < -0.39 is 0 Å². The molecule has 2 N–H and O–H groups in total. The Bertz CT molecular complexity index is 264. The summed E-state index contributed by atoms with van der Waals surface area (Å²) in [5, 5.41) is 0. The predicted molar refractivity (Wildman–Crippen MR) is 45.3 cm³/mol. The van der Waals surface area contributed by atoms with Crippen LogP contribution in [0.1, 0.15) is 19.3 Å². The Hall–Kier alpha value is -1.38. The molecule has 0 amide bonds. The molecule has 0 fully saturated rings. The second kappa shape index (κ2) is 3.85. The summed E-state index contributed by atoms with van der Waals surface area (Å²) in [4.78, 5) is 21.2. The minimum absolute atomic E-state index is 0.0388. The number of carbonyl (C=O) groups excluding carboxylic acids is 2. The normalized spacial score (nSPS) is 18.8. The van der Waals surface area contributed by atoms with Crippen molar-refractivity contribution < 1.29 is 9.59 Å². The van der Waals surface area contributed by atoms with Gasteiger partial charge in [-0.25, -0.2) is 0 Å². The molecule has 0 aromatic heterocycles. The van der Waals surface area contributed by atoms with Crippen LogP contribution in [0.3, 0.4) is 0 Å². The summed E-state index contributed by atoms with van der Waals surface area (Å²) in [5.74, 6) is 0.0388. The van der Waals surface area contributed by atoms with Gasteiger partial charge in [0.25, 0.3) is 0 Å². The summed E-state index contributed by atoms with van der Waals surface area (Å²) in [5.41, 5.74) is 6.71. The molecule has 1 aliphatic carbocycles. The van der Waals surface area contributed by atoms with Gasteiger partial charge in [-0.1, -0.05) is 0 Å². The Kier molecular flexibility index (Phi) is 2.80. The largest absolute Gasteiger partial charge is 0.401 e. The maximum atomic E-state index is 11.2. The van der Waals surface area contributed by atoms with E-state index in [4.69, 9.17) is 5.73 Å². The molecule has 0 saturated carbocycles. The number of rotatable bonds is 2. The lowest BCUT2D eigenvalue weighted by atomic mass is 9.95. The smallest absolute Gasteiger partial charge is 0.164 e. The molecule has 0 radical (unpaired) electrons. The van der Waals surface area contributed by atoms with Crippen molar-refractivity contribution in [1.29, 1.82) is 0 Å². The fourth-order valence-corrected chi connectivity index (χ4v) is 1.22. The van der Waals surface area contributed by atoms with Crippen LogP contribution in [0, 0.1) is 0 Å². The summed E-state index contributed by atoms with van der Waals surface area (Å²) in [6, 6.07) is 0. The lowest BCUT2D eigenvalue weighted by Crippen LogP contribution is -2.14. The summed E-state index contributed by atoms with van der Waals surface area (Å²) in [6.45, 7) is 0. The van der Waals surface area contributed by atoms with Crippen LogP contribution in [0.5, 0.6) is 0 Å². The van der Waals surface area contributed by atoms with Crippen molar-refractivity contribution in [3.05, 3.63) is 23.4 Å². The van der Waals surface area contributed by atoms with Crippen LogP contribution in [0.2, 0.25) is 0 Å². The van der Waals surface area contributed by atoms with E-state index >= 15 is 0 Å². The van der Waals surface area contributed by atoms with Crippen LogP contribution in [-0.4, -0.2) is 12.1 Å². The summed E-state index contributed by atoms with van der Waals surface area (Å²) >= 11 is 0. The molecule has 0 unspecified atom stereocenters. The van der Waals surface area contributed by atoms with E-state index in [9.17, 15) is 9.59 Å². The lowest BCUT2D eigenvalue weighted by Gasteiger charge is -2.12. The molecule has 1 rings (SSSR count). The van der Waals surface area contributed by atoms with Crippen molar-refractivity contribution in [2.75, 3.05) is 0 Å². The molecular weight excluding hydrogens is 154 g/mol. The monoisotopic (exact) mass is 165 g/mol. The minimum Gasteiger partial charge on any atom is -0.401 e. The maximum Gasteiger partial charge on any atom is 0.164 e. The second-order valence-corrected chi connectivity index (χ2v) is 2.71. The van der Waals surface area contributed by atoms with Gasteiger partial charge in [0, 0.05) is 17.7 Å². The van der Waals surface area contributed by atoms with Gasteiger partial charge in [-0.2, -0.15) is 0 Å². The van der Waals surface area contributed by atoms with E-state index in [1.54, 1.807) is 0 Å². The third-order valence-electron chi connectivity index (χ3n) is 1.84. The van der Waals surface area contributed by atoms with Crippen molar-refractivity contribution in [2.45, 2.75) is 19.3 Å². The molecule has 1 aliphatic rings. The number of carbonyl (C=O) groups is 2. The zero-order chi connectivity index (χ0) is 8.97. The first-order valence-electron chi connectivity index (χ1n) is 3.89. The lowest BCUT2D eigenvalue weighted by molar-refractivity contribution is -0.115. The maximum absolute atomic E-state index is 11.2. The average Bonchev–Trinajstić information content (AvgIpc) is 2.04. The minimum atomic E-state index is 0.0388. The van der Waals surface area contributed by atoms with E-state index in [1.807, 2.05) is 0 Å². The van der Waals surface area contributed by atoms with E-state index in [2.05, 4.69) is 0 Å². The van der Waals surface area contributed by atoms with Gasteiger partial charge in [0.15, 0.2) is 5.78 Å². The molecule has 0 atom stereocenters. The van der Waals surface area contributed by atoms with Crippen LogP contribution in [0.15, 0.2) is 23.4 Å². The topological polar surface area (TPSA) is 60.2 Å². The number of hydrogen-bond acceptors (Lipinski definition) is 3. The molecule has 0 heterocycles. The molecule has 12 heavy (non-hydrogen) atoms. The third kappa shape index (κ3) is 1.81. The van der Waals surface area contributed by atoms with Crippen LogP contribution in [0.4, 0.5) is 0 Å². The van der Waals surface area contributed by atoms with Crippen molar-refractivity contribution in [3.63, 3.8) is 0 Å². The molecule has 0 saturated heterocycles. The van der Waals surface area contributed by atoms with Crippen LogP contribution >= 0.6 is 0 Å². The number of nitrogens with two attached hydrogens (primary N) is 1. The Labute approximate surface area is 70.9 Å². The molecule has 0 spiro atoms. The molecular formula is C9H11NO2. The fraction of sp³-hybridized carbons (Fsp3) is 0.333. The molecule has 0 aliphatic heterocycles. The SMILES string of the molecule is NC1=C(/C=C/C=O)C(=O)CCC1. The highest BCUT2D eigenvalue weighted by molar-refractivity contribution is 6.00. The zero-order valence-electron chi connectivity index (χ0n) is 6.75. The number of aldehydes is 1. The Morgan fingerprint density at radius 3 is 2.67 bits per heavy atom. The van der Waals surface area contributed by atoms with Gasteiger partial charge in [-0.15, -0.1) is 0 Å². The number of ketones is 1. The number of Topliss-reactive ketones (excluding diaryl/α,β-unsaturated/α-hetero) is 1. The van der Waals surface area contributed by atoms with Crippen molar-refractivity contribution in [1.82, 2.24) is 0 Å². The first-order valence-corrected chi connectivity index (χ1v) is 3.89. The average molecular weight is 165 g/mol. The molecule has 3 nitrogen and oxygen atoms in total. The summed E-state index contributed by atoms with van der Waals surface area (Å²) < 4.78 is 0.